The molecule has 0 aromatic heterocycles. The normalized spacial score (nSPS) is 17.4. The summed E-state index contributed by atoms with van der Waals surface area (Å²) in [6, 6.07) is 0. The molecule has 94 valence electrons. The molecule has 0 heterocycles. The summed E-state index contributed by atoms with van der Waals surface area (Å²) in [6.45, 7) is 6.28. The average Bonchev–Trinajstić information content (AvgIpc) is 2.35. The van der Waals surface area contributed by atoms with E-state index in [4.69, 9.17) is 0 Å². The van der Waals surface area contributed by atoms with Crippen molar-refractivity contribution < 1.29 is 4.79 Å². The minimum absolute atomic E-state index is 0.345. The van der Waals surface area contributed by atoms with Crippen LogP contribution in [0.2, 0.25) is 0 Å². The fraction of sp³-hybridized carbons (Fsp3) is 0.929. The molecule has 0 aliphatic heterocycles. The van der Waals surface area contributed by atoms with Crippen LogP contribution in [-0.2, 0) is 4.79 Å². The van der Waals surface area contributed by atoms with Gasteiger partial charge in [-0.3, -0.25) is 4.79 Å². The van der Waals surface area contributed by atoms with Crippen molar-refractivity contribution in [3.05, 3.63) is 0 Å². The number of carbonyl (C=O) groups excluding carboxylic acids is 1. The molecule has 1 aliphatic carbocycles. The molecule has 0 atom stereocenters. The zero-order valence-electron chi connectivity index (χ0n) is 11.0. The maximum absolute atomic E-state index is 12.3. The Kier molecular flexibility index (Phi) is 6.51. The SMILES string of the molecule is CCCCN(CCC)C(=O)C1CCCCC1. The molecular weight excluding hydrogens is 198 g/mol. The minimum atomic E-state index is 0.345. The van der Waals surface area contributed by atoms with Crippen LogP contribution in [0.1, 0.15) is 65.2 Å². The molecule has 1 rings (SSSR count). The number of hydrogen-bond acceptors (Lipinski definition) is 1. The van der Waals surface area contributed by atoms with Crippen LogP contribution < -0.4 is 0 Å². The molecule has 1 amide bonds. The molecule has 1 aliphatic rings. The van der Waals surface area contributed by atoms with Crippen LogP contribution in [0.5, 0.6) is 0 Å². The predicted molar refractivity (Wildman–Crippen MR) is 68.4 cm³/mol. The number of amides is 1. The summed E-state index contributed by atoms with van der Waals surface area (Å²) in [5.41, 5.74) is 0. The van der Waals surface area contributed by atoms with Crippen LogP contribution in [0, 0.1) is 5.92 Å². The Hall–Kier alpha value is -0.530. The molecule has 0 unspecified atom stereocenters. The molecule has 0 bridgehead atoms. The van der Waals surface area contributed by atoms with Crippen molar-refractivity contribution in [1.29, 1.82) is 0 Å². The van der Waals surface area contributed by atoms with Gasteiger partial charge in [0.15, 0.2) is 0 Å². The summed E-state index contributed by atoms with van der Waals surface area (Å²) in [7, 11) is 0. The van der Waals surface area contributed by atoms with Crippen LogP contribution >= 0.6 is 0 Å². The van der Waals surface area contributed by atoms with Gasteiger partial charge in [-0.25, -0.2) is 0 Å². The van der Waals surface area contributed by atoms with Gasteiger partial charge in [-0.1, -0.05) is 39.5 Å². The van der Waals surface area contributed by atoms with E-state index in [1.165, 1.54) is 25.7 Å². The van der Waals surface area contributed by atoms with Crippen LogP contribution in [0.4, 0.5) is 0 Å². The molecule has 0 aromatic rings. The van der Waals surface area contributed by atoms with Crippen molar-refractivity contribution in [3.8, 4) is 0 Å². The van der Waals surface area contributed by atoms with Crippen LogP contribution in [-0.4, -0.2) is 23.9 Å². The van der Waals surface area contributed by atoms with Crippen molar-refractivity contribution in [3.63, 3.8) is 0 Å². The van der Waals surface area contributed by atoms with E-state index in [0.29, 0.717) is 11.8 Å². The predicted octanol–water partition coefficient (Wildman–Crippen LogP) is 3.61. The smallest absolute Gasteiger partial charge is 0.225 e. The number of unbranched alkanes of at least 4 members (excludes halogenated alkanes) is 1. The second-order valence-electron chi connectivity index (χ2n) is 5.01. The van der Waals surface area contributed by atoms with Crippen molar-refractivity contribution in [2.45, 2.75) is 65.2 Å². The summed E-state index contributed by atoms with van der Waals surface area (Å²) in [5, 5.41) is 0. The summed E-state index contributed by atoms with van der Waals surface area (Å²) in [5.74, 6) is 0.784. The van der Waals surface area contributed by atoms with Gasteiger partial charge in [-0.05, 0) is 25.7 Å². The fourth-order valence-corrected chi connectivity index (χ4v) is 2.56. The third-order valence-corrected chi connectivity index (χ3v) is 3.54. The summed E-state index contributed by atoms with van der Waals surface area (Å²) >= 11 is 0. The topological polar surface area (TPSA) is 20.3 Å². The maximum Gasteiger partial charge on any atom is 0.225 e. The number of nitrogens with zero attached hydrogens (tertiary/aromatic N) is 1. The summed E-state index contributed by atoms with van der Waals surface area (Å²) in [4.78, 5) is 14.4. The molecule has 1 fully saturated rings. The van der Waals surface area contributed by atoms with E-state index in [9.17, 15) is 4.79 Å². The summed E-state index contributed by atoms with van der Waals surface area (Å²) in [6.07, 6.45) is 9.51. The lowest BCUT2D eigenvalue weighted by molar-refractivity contribution is -0.136. The van der Waals surface area contributed by atoms with E-state index in [1.54, 1.807) is 0 Å². The van der Waals surface area contributed by atoms with E-state index in [2.05, 4.69) is 18.7 Å². The highest BCUT2D eigenvalue weighted by Crippen LogP contribution is 2.25. The van der Waals surface area contributed by atoms with Gasteiger partial charge in [0.1, 0.15) is 0 Å². The molecule has 2 heteroatoms. The Morgan fingerprint density at radius 1 is 1.06 bits per heavy atom. The standard InChI is InChI=1S/C14H27NO/c1-3-5-12-15(11-4-2)14(16)13-9-7-6-8-10-13/h13H,3-12H2,1-2H3. The Morgan fingerprint density at radius 2 is 1.75 bits per heavy atom. The Bertz CT molecular complexity index is 197. The van der Waals surface area contributed by atoms with Crippen LogP contribution in [0.15, 0.2) is 0 Å². The van der Waals surface area contributed by atoms with Crippen molar-refractivity contribution in [1.82, 2.24) is 4.90 Å². The Balaban J connectivity index is 2.44. The second kappa shape index (κ2) is 7.70. The van der Waals surface area contributed by atoms with E-state index in [1.807, 2.05) is 0 Å². The lowest BCUT2D eigenvalue weighted by Crippen LogP contribution is -2.38. The molecule has 16 heavy (non-hydrogen) atoms. The van der Waals surface area contributed by atoms with Crippen LogP contribution in [0.3, 0.4) is 0 Å². The Labute approximate surface area is 100 Å². The lowest BCUT2D eigenvalue weighted by Gasteiger charge is -2.29. The molecule has 0 saturated heterocycles. The molecule has 0 aromatic carbocycles. The van der Waals surface area contributed by atoms with Gasteiger partial charge in [-0.15, -0.1) is 0 Å². The fourth-order valence-electron chi connectivity index (χ4n) is 2.56. The van der Waals surface area contributed by atoms with Gasteiger partial charge < -0.3 is 4.90 Å². The molecule has 2 nitrogen and oxygen atoms in total. The highest BCUT2D eigenvalue weighted by molar-refractivity contribution is 5.78. The first-order valence-corrected chi connectivity index (χ1v) is 7.08. The molecule has 1 saturated carbocycles. The zero-order chi connectivity index (χ0) is 11.8. The van der Waals surface area contributed by atoms with Gasteiger partial charge in [0.25, 0.3) is 0 Å². The first-order valence-electron chi connectivity index (χ1n) is 7.08. The monoisotopic (exact) mass is 225 g/mol. The lowest BCUT2D eigenvalue weighted by atomic mass is 9.88. The average molecular weight is 225 g/mol. The molecular formula is C14H27NO. The summed E-state index contributed by atoms with van der Waals surface area (Å²) < 4.78 is 0. The first kappa shape index (κ1) is 13.5. The highest BCUT2D eigenvalue weighted by Gasteiger charge is 2.24. The first-order chi connectivity index (χ1) is 7.79. The maximum atomic E-state index is 12.3. The van der Waals surface area contributed by atoms with E-state index < -0.39 is 0 Å². The van der Waals surface area contributed by atoms with Gasteiger partial charge in [0.2, 0.25) is 5.91 Å². The Morgan fingerprint density at radius 3 is 2.31 bits per heavy atom. The largest absolute Gasteiger partial charge is 0.342 e. The van der Waals surface area contributed by atoms with Gasteiger partial charge in [-0.2, -0.15) is 0 Å². The second-order valence-corrected chi connectivity index (χ2v) is 5.01. The quantitative estimate of drug-likeness (QED) is 0.676. The van der Waals surface area contributed by atoms with Crippen molar-refractivity contribution in [2.75, 3.05) is 13.1 Å². The van der Waals surface area contributed by atoms with Crippen molar-refractivity contribution in [2.24, 2.45) is 5.92 Å². The molecule has 0 spiro atoms. The highest BCUT2D eigenvalue weighted by atomic mass is 16.2. The zero-order valence-corrected chi connectivity index (χ0v) is 11.0. The number of rotatable bonds is 6. The van der Waals surface area contributed by atoms with Gasteiger partial charge in [0.05, 0.1) is 0 Å². The third-order valence-electron chi connectivity index (χ3n) is 3.54. The van der Waals surface area contributed by atoms with E-state index in [-0.39, 0.29) is 0 Å². The van der Waals surface area contributed by atoms with E-state index in [0.717, 1.165) is 38.8 Å². The van der Waals surface area contributed by atoms with Gasteiger partial charge >= 0.3 is 0 Å². The van der Waals surface area contributed by atoms with Crippen molar-refractivity contribution >= 4 is 5.91 Å². The van der Waals surface area contributed by atoms with Gasteiger partial charge in [0, 0.05) is 19.0 Å². The third kappa shape index (κ3) is 4.15. The number of hydrogen-bond donors (Lipinski definition) is 0. The molecule has 0 radical (unpaired) electrons. The minimum Gasteiger partial charge on any atom is -0.342 e. The van der Waals surface area contributed by atoms with Crippen LogP contribution in [0.25, 0.3) is 0 Å². The number of carbonyl (C=O) groups is 1. The molecule has 0 N–H and O–H groups in total. The van der Waals surface area contributed by atoms with E-state index >= 15 is 0 Å².